The number of aryl methyl sites for hydroxylation is 2. The molecule has 1 saturated heterocycles. The van der Waals surface area contributed by atoms with Crippen LogP contribution in [0.5, 0.6) is 0 Å². The van der Waals surface area contributed by atoms with Crippen molar-refractivity contribution in [2.75, 3.05) is 13.1 Å². The monoisotopic (exact) mass is 488 g/mol. The Balaban J connectivity index is 1.44. The number of halogens is 1. The molecule has 0 spiro atoms. The van der Waals surface area contributed by atoms with E-state index in [-0.39, 0.29) is 23.3 Å². The SMILES string of the molecule is CC(NC(=O)CCc1nc2cc(S(=O)(=O)N3CCCCC3)ccc2n1C)c1ccc(Cl)cc1. The summed E-state index contributed by atoms with van der Waals surface area (Å²) in [5.74, 6) is 0.671. The maximum absolute atomic E-state index is 13.0. The smallest absolute Gasteiger partial charge is 0.243 e. The molecule has 0 radical (unpaired) electrons. The highest BCUT2D eigenvalue weighted by molar-refractivity contribution is 7.89. The summed E-state index contributed by atoms with van der Waals surface area (Å²) in [7, 11) is -1.63. The number of nitrogens with one attached hydrogen (secondary N) is 1. The fraction of sp³-hybridized carbons (Fsp3) is 0.417. The first-order chi connectivity index (χ1) is 15.8. The van der Waals surface area contributed by atoms with Crippen LogP contribution in [-0.2, 0) is 28.3 Å². The first kappa shape index (κ1) is 23.7. The normalized spacial score (nSPS) is 16.1. The quantitative estimate of drug-likeness (QED) is 0.540. The fourth-order valence-corrected chi connectivity index (χ4v) is 5.91. The number of piperidine rings is 1. The lowest BCUT2D eigenvalue weighted by atomic mass is 10.1. The van der Waals surface area contributed by atoms with Crippen LogP contribution in [-0.4, -0.2) is 41.3 Å². The Hall–Kier alpha value is -2.42. The van der Waals surface area contributed by atoms with Gasteiger partial charge in [0.2, 0.25) is 15.9 Å². The zero-order valence-electron chi connectivity index (χ0n) is 18.9. The number of amides is 1. The second-order valence-electron chi connectivity index (χ2n) is 8.54. The zero-order chi connectivity index (χ0) is 23.6. The van der Waals surface area contributed by atoms with Gasteiger partial charge < -0.3 is 9.88 Å². The van der Waals surface area contributed by atoms with E-state index < -0.39 is 10.0 Å². The van der Waals surface area contributed by atoms with Gasteiger partial charge in [-0.15, -0.1) is 0 Å². The number of carbonyl (C=O) groups excluding carboxylic acids is 1. The molecule has 1 fully saturated rings. The third kappa shape index (κ3) is 5.23. The molecular weight excluding hydrogens is 460 g/mol. The minimum Gasteiger partial charge on any atom is -0.350 e. The number of nitrogens with zero attached hydrogens (tertiary/aromatic N) is 3. The van der Waals surface area contributed by atoms with E-state index in [1.54, 1.807) is 34.6 Å². The molecular formula is C24H29ClN4O3S. The van der Waals surface area contributed by atoms with Gasteiger partial charge in [0.1, 0.15) is 5.82 Å². The summed E-state index contributed by atoms with van der Waals surface area (Å²) in [6, 6.07) is 12.4. The van der Waals surface area contributed by atoms with Gasteiger partial charge in [-0.05, 0) is 55.7 Å². The number of hydrogen-bond donors (Lipinski definition) is 1. The molecule has 0 saturated carbocycles. The summed E-state index contributed by atoms with van der Waals surface area (Å²) < 4.78 is 29.5. The first-order valence-corrected chi connectivity index (χ1v) is 13.1. The molecule has 1 aliphatic rings. The van der Waals surface area contributed by atoms with Gasteiger partial charge in [0.05, 0.1) is 22.0 Å². The van der Waals surface area contributed by atoms with Crippen molar-refractivity contribution < 1.29 is 13.2 Å². The van der Waals surface area contributed by atoms with E-state index in [2.05, 4.69) is 10.3 Å². The van der Waals surface area contributed by atoms with E-state index in [0.29, 0.717) is 30.0 Å². The standard InChI is InChI=1S/C24H29ClN4O3S/c1-17(18-6-8-19(25)9-7-18)26-24(30)13-12-23-27-21-16-20(10-11-22(21)28(23)2)33(31,32)29-14-4-3-5-15-29/h6-11,16-17H,3-5,12-15H2,1-2H3,(H,26,30). The molecule has 33 heavy (non-hydrogen) atoms. The Morgan fingerprint density at radius 3 is 2.52 bits per heavy atom. The van der Waals surface area contributed by atoms with Crippen LogP contribution < -0.4 is 5.32 Å². The third-order valence-electron chi connectivity index (χ3n) is 6.22. The summed E-state index contributed by atoms with van der Waals surface area (Å²) in [4.78, 5) is 17.4. The van der Waals surface area contributed by atoms with Crippen LogP contribution >= 0.6 is 11.6 Å². The largest absolute Gasteiger partial charge is 0.350 e. The fourth-order valence-electron chi connectivity index (χ4n) is 4.24. The Morgan fingerprint density at radius 1 is 1.12 bits per heavy atom. The molecule has 1 N–H and O–H groups in total. The predicted molar refractivity (Wildman–Crippen MR) is 130 cm³/mol. The lowest BCUT2D eigenvalue weighted by Crippen LogP contribution is -2.35. The van der Waals surface area contributed by atoms with Gasteiger partial charge in [-0.2, -0.15) is 4.31 Å². The van der Waals surface area contributed by atoms with E-state index in [9.17, 15) is 13.2 Å². The molecule has 4 rings (SSSR count). The predicted octanol–water partition coefficient (Wildman–Crippen LogP) is 4.21. The van der Waals surface area contributed by atoms with Crippen molar-refractivity contribution in [1.82, 2.24) is 19.2 Å². The highest BCUT2D eigenvalue weighted by Gasteiger charge is 2.26. The molecule has 176 valence electrons. The van der Waals surface area contributed by atoms with E-state index in [0.717, 1.165) is 36.2 Å². The first-order valence-electron chi connectivity index (χ1n) is 11.3. The number of aromatic nitrogens is 2. The molecule has 1 unspecified atom stereocenters. The van der Waals surface area contributed by atoms with Crippen LogP contribution in [0, 0.1) is 0 Å². The Labute approximate surface area is 199 Å². The van der Waals surface area contributed by atoms with E-state index in [4.69, 9.17) is 11.6 Å². The number of carbonyl (C=O) groups is 1. The van der Waals surface area contributed by atoms with E-state index >= 15 is 0 Å². The number of imidazole rings is 1. The van der Waals surface area contributed by atoms with Crippen LogP contribution in [0.4, 0.5) is 0 Å². The van der Waals surface area contributed by atoms with Crippen molar-refractivity contribution in [3.05, 3.63) is 58.9 Å². The summed E-state index contributed by atoms with van der Waals surface area (Å²) in [6.07, 6.45) is 3.61. The summed E-state index contributed by atoms with van der Waals surface area (Å²) in [5, 5.41) is 3.66. The number of benzene rings is 2. The lowest BCUT2D eigenvalue weighted by molar-refractivity contribution is -0.121. The molecule has 1 aromatic heterocycles. The molecule has 1 aliphatic heterocycles. The number of rotatable bonds is 7. The molecule has 0 aliphatic carbocycles. The van der Waals surface area contributed by atoms with Crippen molar-refractivity contribution in [1.29, 1.82) is 0 Å². The molecule has 1 atom stereocenters. The molecule has 2 aromatic carbocycles. The number of fused-ring (bicyclic) bond motifs is 1. The van der Waals surface area contributed by atoms with Gasteiger partial charge in [0.25, 0.3) is 0 Å². The van der Waals surface area contributed by atoms with Gasteiger partial charge in [0.15, 0.2) is 0 Å². The Kier molecular flexibility index (Phi) is 7.07. The average molecular weight is 489 g/mol. The topological polar surface area (TPSA) is 84.3 Å². The second-order valence-corrected chi connectivity index (χ2v) is 10.9. The maximum Gasteiger partial charge on any atom is 0.243 e. The number of sulfonamides is 1. The Morgan fingerprint density at radius 2 is 1.82 bits per heavy atom. The molecule has 9 heteroatoms. The van der Waals surface area contributed by atoms with Gasteiger partial charge in [-0.3, -0.25) is 4.79 Å². The highest BCUT2D eigenvalue weighted by atomic mass is 35.5. The highest BCUT2D eigenvalue weighted by Crippen LogP contribution is 2.25. The second kappa shape index (κ2) is 9.83. The lowest BCUT2D eigenvalue weighted by Gasteiger charge is -2.25. The third-order valence-corrected chi connectivity index (χ3v) is 8.37. The van der Waals surface area contributed by atoms with Gasteiger partial charge in [-0.1, -0.05) is 30.2 Å². The Bertz CT molecular complexity index is 1250. The summed E-state index contributed by atoms with van der Waals surface area (Å²) >= 11 is 5.93. The van der Waals surface area contributed by atoms with Crippen LogP contribution in [0.2, 0.25) is 5.02 Å². The average Bonchev–Trinajstić information content (AvgIpc) is 3.13. The van der Waals surface area contributed by atoms with Crippen molar-refractivity contribution in [2.45, 2.75) is 50.0 Å². The van der Waals surface area contributed by atoms with Crippen LogP contribution in [0.25, 0.3) is 11.0 Å². The molecule has 1 amide bonds. The van der Waals surface area contributed by atoms with E-state index in [1.807, 2.05) is 30.7 Å². The van der Waals surface area contributed by atoms with Crippen molar-refractivity contribution in [3.8, 4) is 0 Å². The summed E-state index contributed by atoms with van der Waals surface area (Å²) in [5.41, 5.74) is 2.45. The summed E-state index contributed by atoms with van der Waals surface area (Å²) in [6.45, 7) is 3.06. The van der Waals surface area contributed by atoms with Crippen LogP contribution in [0.1, 0.15) is 50.0 Å². The molecule has 3 aromatic rings. The van der Waals surface area contributed by atoms with Gasteiger partial charge in [-0.25, -0.2) is 13.4 Å². The molecule has 2 heterocycles. The molecule has 7 nitrogen and oxygen atoms in total. The molecule has 0 bridgehead atoms. The van der Waals surface area contributed by atoms with Crippen molar-refractivity contribution in [3.63, 3.8) is 0 Å². The minimum absolute atomic E-state index is 0.0714. The van der Waals surface area contributed by atoms with Gasteiger partial charge in [0, 0.05) is 38.0 Å². The van der Waals surface area contributed by atoms with Crippen LogP contribution in [0.15, 0.2) is 47.4 Å². The zero-order valence-corrected chi connectivity index (χ0v) is 20.5. The van der Waals surface area contributed by atoms with Crippen molar-refractivity contribution in [2.24, 2.45) is 7.05 Å². The van der Waals surface area contributed by atoms with Crippen molar-refractivity contribution >= 4 is 38.6 Å². The number of hydrogen-bond acceptors (Lipinski definition) is 4. The van der Waals surface area contributed by atoms with Gasteiger partial charge >= 0.3 is 0 Å². The van der Waals surface area contributed by atoms with Crippen LogP contribution in [0.3, 0.4) is 0 Å². The maximum atomic E-state index is 13.0. The minimum atomic E-state index is -3.51. The van der Waals surface area contributed by atoms with E-state index in [1.165, 1.54) is 0 Å².